The molecule has 7 heteroatoms. The summed E-state index contributed by atoms with van der Waals surface area (Å²) in [6.45, 7) is 7.89. The first-order chi connectivity index (χ1) is 12.1. The van der Waals surface area contributed by atoms with E-state index >= 15 is 0 Å². The van der Waals surface area contributed by atoms with E-state index in [0.29, 0.717) is 13.1 Å². The van der Waals surface area contributed by atoms with Gasteiger partial charge in [-0.3, -0.25) is 0 Å². The van der Waals surface area contributed by atoms with E-state index < -0.39 is 0 Å². The van der Waals surface area contributed by atoms with Gasteiger partial charge < -0.3 is 14.8 Å². The molecule has 0 amide bonds. The van der Waals surface area contributed by atoms with Gasteiger partial charge in [-0.05, 0) is 25.3 Å². The number of nitrogens with zero attached hydrogens (tertiary/aromatic N) is 5. The maximum atomic E-state index is 4.77. The number of benzene rings is 1. The van der Waals surface area contributed by atoms with Crippen LogP contribution in [0.2, 0.25) is 0 Å². The summed E-state index contributed by atoms with van der Waals surface area (Å²) in [6.07, 6.45) is 4.00. The molecule has 0 saturated heterocycles. The fourth-order valence-corrected chi connectivity index (χ4v) is 2.40. The lowest BCUT2D eigenvalue weighted by Crippen LogP contribution is -2.39. The van der Waals surface area contributed by atoms with Gasteiger partial charge in [0.05, 0.1) is 13.1 Å². The minimum Gasteiger partial charge on any atom is -0.349 e. The molecule has 0 radical (unpaired) electrons. The highest BCUT2D eigenvalue weighted by Gasteiger charge is 2.09. The molecule has 0 unspecified atom stereocenters. The third-order valence-corrected chi connectivity index (χ3v) is 4.10. The lowest BCUT2D eigenvalue weighted by atomic mass is 10.2. The monoisotopic (exact) mass is 468 g/mol. The van der Waals surface area contributed by atoms with E-state index in [-0.39, 0.29) is 24.0 Å². The van der Waals surface area contributed by atoms with Gasteiger partial charge >= 0.3 is 0 Å². The number of aliphatic imine (C=N–C) groups is 1. The summed E-state index contributed by atoms with van der Waals surface area (Å²) in [5, 5.41) is 11.7. The second-order valence-corrected chi connectivity index (χ2v) is 6.05. The molecule has 0 bridgehead atoms. The van der Waals surface area contributed by atoms with Crippen LogP contribution in [0, 0.1) is 6.92 Å². The average Bonchev–Trinajstić information content (AvgIpc) is 2.95. The van der Waals surface area contributed by atoms with Gasteiger partial charge in [-0.2, -0.15) is 0 Å². The van der Waals surface area contributed by atoms with Crippen molar-refractivity contribution < 1.29 is 0 Å². The Morgan fingerprint density at radius 1 is 1.31 bits per heavy atom. The largest absolute Gasteiger partial charge is 0.349 e. The summed E-state index contributed by atoms with van der Waals surface area (Å²) < 4.78 is 1.99. The summed E-state index contributed by atoms with van der Waals surface area (Å²) in [6, 6.07) is 10.3. The van der Waals surface area contributed by atoms with Gasteiger partial charge in [0.1, 0.15) is 5.82 Å². The molecule has 0 aliphatic rings. The van der Waals surface area contributed by atoms with Gasteiger partial charge in [-0.25, -0.2) is 4.99 Å². The molecule has 0 aliphatic heterocycles. The summed E-state index contributed by atoms with van der Waals surface area (Å²) in [5.74, 6) is 2.66. The number of aryl methyl sites for hydroxylation is 1. The Labute approximate surface area is 173 Å². The summed E-state index contributed by atoms with van der Waals surface area (Å²) in [4.78, 5) is 6.92. The minimum atomic E-state index is 0. The van der Waals surface area contributed by atoms with E-state index in [1.807, 2.05) is 42.8 Å². The number of guanidine groups is 1. The topological polar surface area (TPSA) is 58.3 Å². The van der Waals surface area contributed by atoms with E-state index in [9.17, 15) is 0 Å². The van der Waals surface area contributed by atoms with Crippen LogP contribution in [0.4, 0.5) is 0 Å². The van der Waals surface area contributed by atoms with Crippen LogP contribution in [0.5, 0.6) is 0 Å². The smallest absolute Gasteiger partial charge is 0.194 e. The van der Waals surface area contributed by atoms with Gasteiger partial charge in [-0.15, -0.1) is 40.8 Å². The number of nitrogens with one attached hydrogen (secondary N) is 1. The maximum absolute atomic E-state index is 4.77. The Kier molecular flexibility index (Phi) is 9.93. The van der Waals surface area contributed by atoms with Crippen LogP contribution < -0.4 is 5.32 Å². The molecule has 0 spiro atoms. The lowest BCUT2D eigenvalue weighted by Gasteiger charge is -2.22. The molecule has 26 heavy (non-hydrogen) atoms. The molecule has 2 rings (SSSR count). The van der Waals surface area contributed by atoms with Crippen LogP contribution in [0.1, 0.15) is 30.1 Å². The number of unbranched alkanes of at least 4 members (excludes halogenated alkanes) is 1. The third kappa shape index (κ3) is 6.78. The van der Waals surface area contributed by atoms with Crippen molar-refractivity contribution in [1.29, 1.82) is 0 Å². The third-order valence-electron chi connectivity index (χ3n) is 4.10. The number of hydrogen-bond donors (Lipinski definition) is 1. The van der Waals surface area contributed by atoms with Crippen molar-refractivity contribution in [1.82, 2.24) is 25.0 Å². The van der Waals surface area contributed by atoms with E-state index in [2.05, 4.69) is 46.2 Å². The van der Waals surface area contributed by atoms with Crippen LogP contribution in [0.15, 0.2) is 48.0 Å². The molecule has 0 fully saturated rings. The van der Waals surface area contributed by atoms with Crippen LogP contribution in [-0.2, 0) is 20.1 Å². The van der Waals surface area contributed by atoms with Crippen LogP contribution in [0.3, 0.4) is 0 Å². The summed E-state index contributed by atoms with van der Waals surface area (Å²) >= 11 is 0. The number of allylic oxidation sites excluding steroid dienone is 1. The normalized spacial score (nSPS) is 11.0. The van der Waals surface area contributed by atoms with Crippen LogP contribution in [0.25, 0.3) is 0 Å². The van der Waals surface area contributed by atoms with Gasteiger partial charge in [0, 0.05) is 20.6 Å². The molecule has 1 heterocycles. The van der Waals surface area contributed by atoms with E-state index in [4.69, 9.17) is 4.99 Å². The zero-order valence-corrected chi connectivity index (χ0v) is 18.2. The highest BCUT2D eigenvalue weighted by Crippen LogP contribution is 2.03. The van der Waals surface area contributed by atoms with Crippen molar-refractivity contribution in [2.75, 3.05) is 13.6 Å². The number of hydrogen-bond acceptors (Lipinski definition) is 3. The summed E-state index contributed by atoms with van der Waals surface area (Å²) in [5.41, 5.74) is 1.19. The van der Waals surface area contributed by atoms with Crippen molar-refractivity contribution in [3.63, 3.8) is 0 Å². The van der Waals surface area contributed by atoms with Gasteiger partial charge in [0.2, 0.25) is 0 Å². The standard InChI is InChI=1S/C19H28N6.HI/c1-5-6-10-13-24(3)19(20-14-17-11-8-7-9-12-17)21-15-18-23-22-16(2)25(18)4;/h5,7-9,11-12H,1,6,10,13-15H2,2-4H3,(H,20,21);1H. The molecule has 0 saturated carbocycles. The van der Waals surface area contributed by atoms with Crippen LogP contribution in [-0.4, -0.2) is 39.2 Å². The molecule has 0 atom stereocenters. The van der Waals surface area contributed by atoms with Crippen LogP contribution >= 0.6 is 24.0 Å². The average molecular weight is 468 g/mol. The first-order valence-corrected chi connectivity index (χ1v) is 8.61. The molecule has 1 aromatic carbocycles. The predicted molar refractivity (Wildman–Crippen MR) is 118 cm³/mol. The Hall–Kier alpha value is -1.90. The van der Waals surface area contributed by atoms with Crippen molar-refractivity contribution in [3.8, 4) is 0 Å². The Bertz CT molecular complexity index is 695. The Morgan fingerprint density at radius 3 is 2.65 bits per heavy atom. The van der Waals surface area contributed by atoms with E-state index in [0.717, 1.165) is 37.0 Å². The van der Waals surface area contributed by atoms with E-state index in [1.54, 1.807) is 0 Å². The molecular formula is C19H29IN6. The molecule has 0 aliphatic carbocycles. The Morgan fingerprint density at radius 2 is 2.04 bits per heavy atom. The van der Waals surface area contributed by atoms with E-state index in [1.165, 1.54) is 5.56 Å². The molecule has 2 aromatic rings. The van der Waals surface area contributed by atoms with Crippen molar-refractivity contribution in [3.05, 3.63) is 60.2 Å². The molecular weight excluding hydrogens is 439 g/mol. The van der Waals surface area contributed by atoms with Gasteiger partial charge in [-0.1, -0.05) is 36.4 Å². The maximum Gasteiger partial charge on any atom is 0.194 e. The lowest BCUT2D eigenvalue weighted by molar-refractivity contribution is 0.466. The minimum absolute atomic E-state index is 0. The second kappa shape index (κ2) is 11.7. The molecule has 6 nitrogen and oxygen atoms in total. The number of rotatable bonds is 8. The summed E-state index contributed by atoms with van der Waals surface area (Å²) in [7, 11) is 4.03. The second-order valence-electron chi connectivity index (χ2n) is 6.05. The number of aromatic nitrogens is 3. The fraction of sp³-hybridized carbons (Fsp3) is 0.421. The first-order valence-electron chi connectivity index (χ1n) is 8.61. The zero-order chi connectivity index (χ0) is 18.1. The SMILES string of the molecule is C=CCCCN(C)C(=NCc1ccccc1)NCc1nnc(C)n1C.I. The molecule has 1 aromatic heterocycles. The highest BCUT2D eigenvalue weighted by atomic mass is 127. The number of halogens is 1. The van der Waals surface area contributed by atoms with Gasteiger partial charge in [0.15, 0.2) is 11.8 Å². The van der Waals surface area contributed by atoms with Crippen molar-refractivity contribution in [2.45, 2.75) is 32.9 Å². The first kappa shape index (κ1) is 22.1. The highest BCUT2D eigenvalue weighted by molar-refractivity contribution is 14.0. The van der Waals surface area contributed by atoms with Crippen molar-refractivity contribution in [2.24, 2.45) is 12.0 Å². The molecule has 1 N–H and O–H groups in total. The van der Waals surface area contributed by atoms with Crippen molar-refractivity contribution >= 4 is 29.9 Å². The zero-order valence-electron chi connectivity index (χ0n) is 15.9. The quantitative estimate of drug-likeness (QED) is 0.213. The predicted octanol–water partition coefficient (Wildman–Crippen LogP) is 3.29. The Balaban J connectivity index is 0.00000338. The van der Waals surface area contributed by atoms with Gasteiger partial charge in [0.25, 0.3) is 0 Å². The molecule has 142 valence electrons. The fourth-order valence-electron chi connectivity index (χ4n) is 2.40.